The van der Waals surface area contributed by atoms with Crippen molar-refractivity contribution in [3.05, 3.63) is 65.7 Å². The van der Waals surface area contributed by atoms with Gasteiger partial charge in [-0.05, 0) is 37.5 Å². The molecule has 0 aliphatic heterocycles. The van der Waals surface area contributed by atoms with Gasteiger partial charge in [0.1, 0.15) is 5.75 Å². The number of carbonyl (C=O) groups is 1. The lowest BCUT2D eigenvalue weighted by molar-refractivity contribution is -0.127. The van der Waals surface area contributed by atoms with Crippen LogP contribution in [0.1, 0.15) is 18.1 Å². The summed E-state index contributed by atoms with van der Waals surface area (Å²) in [7, 11) is 0. The van der Waals surface area contributed by atoms with Crippen molar-refractivity contribution in [2.45, 2.75) is 26.4 Å². The van der Waals surface area contributed by atoms with Gasteiger partial charge in [0.15, 0.2) is 6.10 Å². The molecule has 0 saturated carbocycles. The van der Waals surface area contributed by atoms with E-state index < -0.39 is 6.10 Å². The van der Waals surface area contributed by atoms with Crippen LogP contribution in [0, 0.1) is 6.92 Å². The fourth-order valence-electron chi connectivity index (χ4n) is 2.05. The molecule has 110 valence electrons. The molecule has 1 N–H and O–H groups in total. The van der Waals surface area contributed by atoms with Crippen molar-refractivity contribution in [2.75, 3.05) is 6.54 Å². The minimum Gasteiger partial charge on any atom is -0.481 e. The van der Waals surface area contributed by atoms with Gasteiger partial charge in [0.05, 0.1) is 0 Å². The Hall–Kier alpha value is -2.29. The molecular formula is C18H21NO2. The Morgan fingerprint density at radius 3 is 2.48 bits per heavy atom. The molecule has 0 spiro atoms. The van der Waals surface area contributed by atoms with E-state index in [0.29, 0.717) is 6.54 Å². The van der Waals surface area contributed by atoms with E-state index in [9.17, 15) is 4.79 Å². The van der Waals surface area contributed by atoms with Crippen LogP contribution >= 0.6 is 0 Å². The number of para-hydroxylation sites is 1. The SMILES string of the molecule is Cc1ccccc1O[C@H](C)C(=O)NCCc1ccccc1. The van der Waals surface area contributed by atoms with Crippen LogP contribution in [0.5, 0.6) is 5.75 Å². The zero-order valence-corrected chi connectivity index (χ0v) is 12.5. The summed E-state index contributed by atoms with van der Waals surface area (Å²) >= 11 is 0. The number of hydrogen-bond acceptors (Lipinski definition) is 2. The Kier molecular flexibility index (Phi) is 5.38. The van der Waals surface area contributed by atoms with Gasteiger partial charge < -0.3 is 10.1 Å². The van der Waals surface area contributed by atoms with Gasteiger partial charge in [-0.3, -0.25) is 4.79 Å². The highest BCUT2D eigenvalue weighted by atomic mass is 16.5. The molecule has 0 fully saturated rings. The van der Waals surface area contributed by atoms with Gasteiger partial charge in [-0.2, -0.15) is 0 Å². The van der Waals surface area contributed by atoms with Gasteiger partial charge in [-0.1, -0.05) is 48.5 Å². The molecule has 3 nitrogen and oxygen atoms in total. The maximum Gasteiger partial charge on any atom is 0.260 e. The second-order valence-corrected chi connectivity index (χ2v) is 5.05. The first-order valence-corrected chi connectivity index (χ1v) is 7.21. The predicted molar refractivity (Wildman–Crippen MR) is 84.4 cm³/mol. The Balaban J connectivity index is 1.79. The van der Waals surface area contributed by atoms with Crippen molar-refractivity contribution in [3.63, 3.8) is 0 Å². The molecule has 2 rings (SSSR count). The van der Waals surface area contributed by atoms with Crippen LogP contribution in [0.2, 0.25) is 0 Å². The van der Waals surface area contributed by atoms with Gasteiger partial charge in [0.2, 0.25) is 0 Å². The number of carbonyl (C=O) groups excluding carboxylic acids is 1. The summed E-state index contributed by atoms with van der Waals surface area (Å²) < 4.78 is 5.70. The highest BCUT2D eigenvalue weighted by molar-refractivity contribution is 5.80. The molecule has 0 aliphatic carbocycles. The van der Waals surface area contributed by atoms with E-state index >= 15 is 0 Å². The number of amides is 1. The first-order valence-electron chi connectivity index (χ1n) is 7.21. The predicted octanol–water partition coefficient (Wildman–Crippen LogP) is 3.12. The van der Waals surface area contributed by atoms with Crippen molar-refractivity contribution >= 4 is 5.91 Å². The summed E-state index contributed by atoms with van der Waals surface area (Å²) in [6, 6.07) is 17.8. The summed E-state index contributed by atoms with van der Waals surface area (Å²) in [4.78, 5) is 12.0. The van der Waals surface area contributed by atoms with E-state index in [1.165, 1.54) is 5.56 Å². The summed E-state index contributed by atoms with van der Waals surface area (Å²) in [6.07, 6.45) is 0.325. The summed E-state index contributed by atoms with van der Waals surface area (Å²) in [5.74, 6) is 0.664. The van der Waals surface area contributed by atoms with Crippen molar-refractivity contribution < 1.29 is 9.53 Å². The van der Waals surface area contributed by atoms with Crippen molar-refractivity contribution in [1.29, 1.82) is 0 Å². The minimum absolute atomic E-state index is 0.0887. The van der Waals surface area contributed by atoms with Gasteiger partial charge in [0.25, 0.3) is 5.91 Å². The lowest BCUT2D eigenvalue weighted by Gasteiger charge is -2.16. The van der Waals surface area contributed by atoms with Gasteiger partial charge in [0, 0.05) is 6.54 Å². The first kappa shape index (κ1) is 15.1. The van der Waals surface area contributed by atoms with Crippen molar-refractivity contribution in [1.82, 2.24) is 5.32 Å². The molecular weight excluding hydrogens is 262 g/mol. The topological polar surface area (TPSA) is 38.3 Å². The van der Waals surface area contributed by atoms with Crippen LogP contribution in [-0.2, 0) is 11.2 Å². The minimum atomic E-state index is -0.498. The molecule has 2 aromatic rings. The third kappa shape index (κ3) is 4.63. The second-order valence-electron chi connectivity index (χ2n) is 5.05. The molecule has 0 saturated heterocycles. The van der Waals surface area contributed by atoms with E-state index in [0.717, 1.165) is 17.7 Å². The summed E-state index contributed by atoms with van der Waals surface area (Å²) in [5, 5.41) is 2.91. The number of rotatable bonds is 6. The van der Waals surface area contributed by atoms with Crippen molar-refractivity contribution in [2.24, 2.45) is 0 Å². The Bertz CT molecular complexity index is 581. The average Bonchev–Trinajstić information content (AvgIpc) is 2.50. The molecule has 2 aromatic carbocycles. The van der Waals surface area contributed by atoms with Crippen molar-refractivity contribution in [3.8, 4) is 5.75 Å². The Morgan fingerprint density at radius 2 is 1.76 bits per heavy atom. The smallest absolute Gasteiger partial charge is 0.260 e. The fourth-order valence-corrected chi connectivity index (χ4v) is 2.05. The molecule has 21 heavy (non-hydrogen) atoms. The van der Waals surface area contributed by atoms with Crippen LogP contribution in [0.3, 0.4) is 0 Å². The molecule has 0 unspecified atom stereocenters. The normalized spacial score (nSPS) is 11.7. The maximum absolute atomic E-state index is 12.0. The summed E-state index contributed by atoms with van der Waals surface area (Å²) in [5.41, 5.74) is 2.24. The van der Waals surface area contributed by atoms with Gasteiger partial charge >= 0.3 is 0 Å². The number of ether oxygens (including phenoxy) is 1. The average molecular weight is 283 g/mol. The van der Waals surface area contributed by atoms with E-state index in [4.69, 9.17) is 4.74 Å². The molecule has 1 atom stereocenters. The van der Waals surface area contributed by atoms with Crippen LogP contribution in [0.4, 0.5) is 0 Å². The number of benzene rings is 2. The highest BCUT2D eigenvalue weighted by Crippen LogP contribution is 2.17. The number of hydrogen-bond donors (Lipinski definition) is 1. The van der Waals surface area contributed by atoms with E-state index in [-0.39, 0.29) is 5.91 Å². The van der Waals surface area contributed by atoms with E-state index in [2.05, 4.69) is 17.4 Å². The molecule has 0 bridgehead atoms. The highest BCUT2D eigenvalue weighted by Gasteiger charge is 2.14. The maximum atomic E-state index is 12.0. The fraction of sp³-hybridized carbons (Fsp3) is 0.278. The quantitative estimate of drug-likeness (QED) is 0.884. The number of nitrogens with one attached hydrogen (secondary N) is 1. The van der Waals surface area contributed by atoms with E-state index in [1.54, 1.807) is 6.92 Å². The second kappa shape index (κ2) is 7.48. The standard InChI is InChI=1S/C18H21NO2/c1-14-8-6-7-11-17(14)21-15(2)18(20)19-13-12-16-9-4-3-5-10-16/h3-11,15H,12-13H2,1-2H3,(H,19,20)/t15-/m1/s1. The van der Waals surface area contributed by atoms with Gasteiger partial charge in [-0.25, -0.2) is 0 Å². The lowest BCUT2D eigenvalue weighted by atomic mass is 10.1. The van der Waals surface area contributed by atoms with E-state index in [1.807, 2.05) is 49.4 Å². The molecule has 1 amide bonds. The zero-order valence-electron chi connectivity index (χ0n) is 12.5. The van der Waals surface area contributed by atoms with Crippen LogP contribution in [0.25, 0.3) is 0 Å². The molecule has 0 aliphatic rings. The molecule has 3 heteroatoms. The third-order valence-electron chi connectivity index (χ3n) is 3.32. The molecule has 0 aromatic heterocycles. The van der Waals surface area contributed by atoms with Crippen LogP contribution < -0.4 is 10.1 Å². The Labute approximate surface area is 126 Å². The zero-order chi connectivity index (χ0) is 15.1. The lowest BCUT2D eigenvalue weighted by Crippen LogP contribution is -2.37. The largest absolute Gasteiger partial charge is 0.481 e. The molecule has 0 heterocycles. The van der Waals surface area contributed by atoms with Gasteiger partial charge in [-0.15, -0.1) is 0 Å². The molecule has 0 radical (unpaired) electrons. The third-order valence-corrected chi connectivity index (χ3v) is 3.32. The monoisotopic (exact) mass is 283 g/mol. The Morgan fingerprint density at radius 1 is 1.10 bits per heavy atom. The van der Waals surface area contributed by atoms with Crippen LogP contribution in [0.15, 0.2) is 54.6 Å². The first-order chi connectivity index (χ1) is 10.2. The summed E-state index contributed by atoms with van der Waals surface area (Å²) in [6.45, 7) is 4.35. The van der Waals surface area contributed by atoms with Crippen LogP contribution in [-0.4, -0.2) is 18.6 Å². The number of aryl methyl sites for hydroxylation is 1.